The normalized spacial score (nSPS) is 27.8. The van der Waals surface area contributed by atoms with E-state index < -0.39 is 0 Å². The maximum atomic E-state index is 2.48. The summed E-state index contributed by atoms with van der Waals surface area (Å²) < 4.78 is 0. The van der Waals surface area contributed by atoms with Gasteiger partial charge in [0.05, 0.1) is 0 Å². The molecule has 28 heavy (non-hydrogen) atoms. The Hall–Kier alpha value is -1.04. The first kappa shape index (κ1) is 21.7. The van der Waals surface area contributed by atoms with Gasteiger partial charge in [0, 0.05) is 0 Å². The summed E-state index contributed by atoms with van der Waals surface area (Å²) in [6, 6.07) is 11.0. The summed E-state index contributed by atoms with van der Waals surface area (Å²) >= 11 is 0. The van der Waals surface area contributed by atoms with Crippen LogP contribution in [-0.4, -0.2) is 0 Å². The average molecular weight is 381 g/mol. The zero-order chi connectivity index (χ0) is 19.4. The van der Waals surface area contributed by atoms with Crippen molar-refractivity contribution in [1.29, 1.82) is 0 Å². The van der Waals surface area contributed by atoms with Crippen LogP contribution in [0, 0.1) is 23.7 Å². The summed E-state index contributed by atoms with van der Waals surface area (Å²) in [7, 11) is 0. The third-order valence-corrected chi connectivity index (χ3v) is 7.51. The van der Waals surface area contributed by atoms with Gasteiger partial charge in [0.15, 0.2) is 0 Å². The third-order valence-electron chi connectivity index (χ3n) is 7.51. The summed E-state index contributed by atoms with van der Waals surface area (Å²) in [5, 5.41) is 0. The highest BCUT2D eigenvalue weighted by molar-refractivity contribution is 5.14. The molecule has 0 heterocycles. The predicted octanol–water partition coefficient (Wildman–Crippen LogP) is 8.76. The summed E-state index contributed by atoms with van der Waals surface area (Å²) in [5.41, 5.74) is 1.52. The second kappa shape index (κ2) is 12.5. The number of hydrogen-bond donors (Lipinski definition) is 0. The monoisotopic (exact) mass is 380 g/mol. The van der Waals surface area contributed by atoms with Gasteiger partial charge < -0.3 is 0 Å². The van der Waals surface area contributed by atoms with Crippen LogP contribution in [0.25, 0.3) is 0 Å². The third kappa shape index (κ3) is 8.14. The van der Waals surface area contributed by atoms with Gasteiger partial charge in [0.1, 0.15) is 0 Å². The van der Waals surface area contributed by atoms with Crippen molar-refractivity contribution < 1.29 is 0 Å². The van der Waals surface area contributed by atoms with Crippen LogP contribution in [0.4, 0.5) is 0 Å². The van der Waals surface area contributed by atoms with E-state index in [1.807, 2.05) is 0 Å². The smallest absolute Gasteiger partial charge is 0.0279 e. The lowest BCUT2D eigenvalue weighted by Crippen LogP contribution is -1.98. The molecule has 0 aliphatic heterocycles. The Bertz CT molecular complexity index is 542. The van der Waals surface area contributed by atoms with Crippen molar-refractivity contribution in [2.75, 3.05) is 0 Å². The fourth-order valence-electron chi connectivity index (χ4n) is 5.81. The van der Waals surface area contributed by atoms with E-state index in [9.17, 15) is 0 Å². The number of unbranched alkanes of at least 4 members (excludes halogenated alkanes) is 2. The van der Waals surface area contributed by atoms with Crippen LogP contribution >= 0.6 is 0 Å². The van der Waals surface area contributed by atoms with Gasteiger partial charge in [-0.25, -0.2) is 0 Å². The minimum absolute atomic E-state index is 1.000. The Morgan fingerprint density at radius 1 is 0.714 bits per heavy atom. The minimum atomic E-state index is 1.000. The zero-order valence-electron chi connectivity index (χ0n) is 18.5. The zero-order valence-corrected chi connectivity index (χ0v) is 18.5. The lowest BCUT2D eigenvalue weighted by Gasteiger charge is -2.11. The number of rotatable bonds is 12. The van der Waals surface area contributed by atoms with Crippen molar-refractivity contribution in [2.45, 2.75) is 103 Å². The molecule has 2 saturated carbocycles. The van der Waals surface area contributed by atoms with Gasteiger partial charge in [-0.2, -0.15) is 0 Å². The van der Waals surface area contributed by atoms with E-state index in [-0.39, 0.29) is 0 Å². The number of aryl methyl sites for hydroxylation is 1. The first-order valence-corrected chi connectivity index (χ1v) is 12.5. The van der Waals surface area contributed by atoms with E-state index in [1.165, 1.54) is 102 Å². The van der Waals surface area contributed by atoms with Crippen LogP contribution in [0.1, 0.15) is 102 Å². The van der Waals surface area contributed by atoms with E-state index in [0.717, 1.165) is 23.7 Å². The molecule has 0 saturated heterocycles. The molecule has 0 aromatic heterocycles. The van der Waals surface area contributed by atoms with Crippen LogP contribution in [0.5, 0.6) is 0 Å². The van der Waals surface area contributed by atoms with E-state index in [4.69, 9.17) is 0 Å². The molecule has 0 heteroatoms. The van der Waals surface area contributed by atoms with Crippen molar-refractivity contribution in [3.05, 3.63) is 48.0 Å². The van der Waals surface area contributed by atoms with Crippen LogP contribution in [0.2, 0.25) is 0 Å². The van der Waals surface area contributed by atoms with Crippen molar-refractivity contribution in [3.8, 4) is 0 Å². The van der Waals surface area contributed by atoms with Crippen molar-refractivity contribution in [2.24, 2.45) is 23.7 Å². The molecule has 2 aliphatic carbocycles. The maximum Gasteiger partial charge on any atom is -0.0279 e. The van der Waals surface area contributed by atoms with Crippen LogP contribution in [0.3, 0.4) is 0 Å². The molecule has 1 aromatic carbocycles. The first-order chi connectivity index (χ1) is 13.8. The lowest BCUT2D eigenvalue weighted by molar-refractivity contribution is 0.430. The van der Waals surface area contributed by atoms with Gasteiger partial charge in [-0.15, -0.1) is 0 Å². The Labute approximate surface area is 175 Å². The Morgan fingerprint density at radius 2 is 1.29 bits per heavy atom. The first-order valence-electron chi connectivity index (χ1n) is 12.5. The fraction of sp³-hybridized carbons (Fsp3) is 0.714. The molecule has 0 spiro atoms. The highest BCUT2D eigenvalue weighted by atomic mass is 14.3. The maximum absolute atomic E-state index is 2.48. The molecule has 0 bridgehead atoms. The molecule has 156 valence electrons. The molecule has 2 aliphatic rings. The summed E-state index contributed by atoms with van der Waals surface area (Å²) in [5.74, 6) is 4.09. The largest absolute Gasteiger partial charge is 0.0885 e. The molecule has 0 amide bonds. The molecular weight excluding hydrogens is 336 g/mol. The molecule has 0 N–H and O–H groups in total. The highest BCUT2D eigenvalue weighted by Crippen LogP contribution is 2.37. The standard InChI is InChI=1S/C28H44/c1-24-18-19-26(22-24)14-7-4-2-3-5-8-15-27-20-21-28(23-27)17-11-16-25-12-9-6-10-13-25/h2-3,6,9-10,12-13,24,26-28H,4-5,7-8,11,14-23H2,1H3. The summed E-state index contributed by atoms with van der Waals surface area (Å²) in [4.78, 5) is 0. The lowest BCUT2D eigenvalue weighted by atomic mass is 9.95. The van der Waals surface area contributed by atoms with Crippen LogP contribution < -0.4 is 0 Å². The van der Waals surface area contributed by atoms with Gasteiger partial charge in [-0.05, 0) is 80.6 Å². The highest BCUT2D eigenvalue weighted by Gasteiger charge is 2.23. The molecule has 2 fully saturated rings. The van der Waals surface area contributed by atoms with Crippen molar-refractivity contribution in [1.82, 2.24) is 0 Å². The number of allylic oxidation sites excluding steroid dienone is 2. The average Bonchev–Trinajstić information content (AvgIpc) is 3.33. The van der Waals surface area contributed by atoms with Crippen LogP contribution in [0.15, 0.2) is 42.5 Å². The SMILES string of the molecule is CC1CCC(CCCC=CCCCC2CCC(CCCc3ccccc3)C2)C1. The van der Waals surface area contributed by atoms with Gasteiger partial charge in [-0.1, -0.05) is 94.4 Å². The van der Waals surface area contributed by atoms with Crippen molar-refractivity contribution >= 4 is 0 Å². The molecule has 4 atom stereocenters. The van der Waals surface area contributed by atoms with E-state index >= 15 is 0 Å². The number of hydrogen-bond acceptors (Lipinski definition) is 0. The summed E-state index contributed by atoms with van der Waals surface area (Å²) in [6.07, 6.45) is 26.4. The molecule has 4 unspecified atom stereocenters. The molecule has 0 radical (unpaired) electrons. The van der Waals surface area contributed by atoms with E-state index in [1.54, 1.807) is 0 Å². The second-order valence-corrected chi connectivity index (χ2v) is 10.0. The van der Waals surface area contributed by atoms with Gasteiger partial charge in [0.2, 0.25) is 0 Å². The van der Waals surface area contributed by atoms with Crippen LogP contribution in [-0.2, 0) is 6.42 Å². The predicted molar refractivity (Wildman–Crippen MR) is 124 cm³/mol. The molecule has 3 rings (SSSR count). The quantitative estimate of drug-likeness (QED) is 0.251. The van der Waals surface area contributed by atoms with E-state index in [2.05, 4.69) is 49.4 Å². The minimum Gasteiger partial charge on any atom is -0.0885 e. The van der Waals surface area contributed by atoms with Gasteiger partial charge >= 0.3 is 0 Å². The Morgan fingerprint density at radius 3 is 1.89 bits per heavy atom. The topological polar surface area (TPSA) is 0 Å². The molecule has 0 nitrogen and oxygen atoms in total. The van der Waals surface area contributed by atoms with Gasteiger partial charge in [0.25, 0.3) is 0 Å². The Balaban J connectivity index is 1.15. The van der Waals surface area contributed by atoms with Crippen molar-refractivity contribution in [3.63, 3.8) is 0 Å². The number of benzene rings is 1. The second-order valence-electron chi connectivity index (χ2n) is 10.0. The molecule has 1 aromatic rings. The van der Waals surface area contributed by atoms with Gasteiger partial charge in [-0.3, -0.25) is 0 Å². The van der Waals surface area contributed by atoms with E-state index in [0.29, 0.717) is 0 Å². The Kier molecular flexibility index (Phi) is 9.68. The summed E-state index contributed by atoms with van der Waals surface area (Å²) in [6.45, 7) is 2.43. The molecular formula is C28H44. The fourth-order valence-corrected chi connectivity index (χ4v) is 5.81.